The number of ether oxygens (including phenoxy) is 3. The van der Waals surface area contributed by atoms with Crippen molar-refractivity contribution in [2.45, 2.75) is 33.3 Å². The number of hydrogen-bond donors (Lipinski definition) is 0. The van der Waals surface area contributed by atoms with Gasteiger partial charge in [-0.3, -0.25) is 0 Å². The highest BCUT2D eigenvalue weighted by molar-refractivity contribution is 6.01. The van der Waals surface area contributed by atoms with Crippen LogP contribution in [0.5, 0.6) is 5.75 Å². The molecule has 6 nitrogen and oxygen atoms in total. The van der Waals surface area contributed by atoms with Gasteiger partial charge in [0.05, 0.1) is 30.5 Å². The molecule has 0 saturated heterocycles. The number of aromatic nitrogens is 1. The molecule has 156 valence electrons. The standard InChI is InChI=1S/C24H25NO5/c1-6-29-23(27)24(3,4)30-17-12-10-16(11-13-17)21-19(22(26)28-5)14-18-15(2)8-7-9-20(18)25-21/h7-14H,6H2,1-5H3. The Hall–Kier alpha value is -3.41. The highest BCUT2D eigenvalue weighted by Gasteiger charge is 2.31. The van der Waals surface area contributed by atoms with Crippen molar-refractivity contribution in [1.29, 1.82) is 0 Å². The summed E-state index contributed by atoms with van der Waals surface area (Å²) in [6, 6.07) is 14.7. The monoisotopic (exact) mass is 407 g/mol. The first-order chi connectivity index (χ1) is 14.3. The Morgan fingerprint density at radius 2 is 1.77 bits per heavy atom. The van der Waals surface area contributed by atoms with E-state index in [0.717, 1.165) is 22.0 Å². The second kappa shape index (κ2) is 8.53. The van der Waals surface area contributed by atoms with E-state index in [-0.39, 0.29) is 6.61 Å². The maximum atomic E-state index is 12.4. The zero-order chi connectivity index (χ0) is 21.9. The van der Waals surface area contributed by atoms with Gasteiger partial charge in [-0.25, -0.2) is 14.6 Å². The fraction of sp³-hybridized carbons (Fsp3) is 0.292. The van der Waals surface area contributed by atoms with Crippen LogP contribution in [0.3, 0.4) is 0 Å². The van der Waals surface area contributed by atoms with Crippen molar-refractivity contribution in [2.24, 2.45) is 0 Å². The number of nitrogens with zero attached hydrogens (tertiary/aromatic N) is 1. The largest absolute Gasteiger partial charge is 0.476 e. The van der Waals surface area contributed by atoms with Crippen LogP contribution in [0.1, 0.15) is 36.7 Å². The van der Waals surface area contributed by atoms with E-state index >= 15 is 0 Å². The molecule has 0 atom stereocenters. The molecule has 0 amide bonds. The number of esters is 2. The molecule has 0 aliphatic rings. The minimum atomic E-state index is -1.12. The number of hydrogen-bond acceptors (Lipinski definition) is 6. The summed E-state index contributed by atoms with van der Waals surface area (Å²) in [4.78, 5) is 29.2. The third-order valence-corrected chi connectivity index (χ3v) is 4.75. The Labute approximate surface area is 175 Å². The first kappa shape index (κ1) is 21.3. The zero-order valence-corrected chi connectivity index (χ0v) is 17.8. The van der Waals surface area contributed by atoms with Crippen molar-refractivity contribution < 1.29 is 23.8 Å². The van der Waals surface area contributed by atoms with Crippen molar-refractivity contribution in [3.05, 3.63) is 59.7 Å². The van der Waals surface area contributed by atoms with Crippen LogP contribution in [0.2, 0.25) is 0 Å². The molecule has 0 bridgehead atoms. The van der Waals surface area contributed by atoms with Gasteiger partial charge in [0.1, 0.15) is 5.75 Å². The third-order valence-electron chi connectivity index (χ3n) is 4.75. The van der Waals surface area contributed by atoms with Gasteiger partial charge in [-0.05, 0) is 69.7 Å². The lowest BCUT2D eigenvalue weighted by molar-refractivity contribution is -0.158. The smallest absolute Gasteiger partial charge is 0.349 e. The highest BCUT2D eigenvalue weighted by atomic mass is 16.6. The topological polar surface area (TPSA) is 74.7 Å². The summed E-state index contributed by atoms with van der Waals surface area (Å²) in [5.41, 5.74) is 2.35. The van der Waals surface area contributed by atoms with Crippen LogP contribution in [0, 0.1) is 6.92 Å². The van der Waals surface area contributed by atoms with Crippen molar-refractivity contribution in [1.82, 2.24) is 4.98 Å². The molecule has 0 fully saturated rings. The molecule has 0 aliphatic heterocycles. The van der Waals surface area contributed by atoms with Crippen LogP contribution in [0.15, 0.2) is 48.5 Å². The summed E-state index contributed by atoms with van der Waals surface area (Å²) in [7, 11) is 1.35. The van der Waals surface area contributed by atoms with Crippen molar-refractivity contribution in [2.75, 3.05) is 13.7 Å². The van der Waals surface area contributed by atoms with Crippen LogP contribution in [-0.4, -0.2) is 36.2 Å². The molecule has 0 radical (unpaired) electrons. The van der Waals surface area contributed by atoms with Crippen LogP contribution in [0.4, 0.5) is 0 Å². The van der Waals surface area contributed by atoms with E-state index in [1.54, 1.807) is 45.0 Å². The average molecular weight is 407 g/mol. The first-order valence-electron chi connectivity index (χ1n) is 9.72. The van der Waals surface area contributed by atoms with Crippen molar-refractivity contribution in [3.8, 4) is 17.0 Å². The number of fused-ring (bicyclic) bond motifs is 1. The van der Waals surface area contributed by atoms with E-state index in [0.29, 0.717) is 17.0 Å². The van der Waals surface area contributed by atoms with Gasteiger partial charge in [-0.1, -0.05) is 12.1 Å². The number of benzene rings is 2. The normalized spacial score (nSPS) is 11.2. The lowest BCUT2D eigenvalue weighted by Crippen LogP contribution is -2.39. The van der Waals surface area contributed by atoms with Gasteiger partial charge in [0.2, 0.25) is 0 Å². The minimum absolute atomic E-state index is 0.286. The van der Waals surface area contributed by atoms with Gasteiger partial charge in [-0.15, -0.1) is 0 Å². The van der Waals surface area contributed by atoms with E-state index in [1.807, 2.05) is 31.2 Å². The fourth-order valence-corrected chi connectivity index (χ4v) is 3.15. The zero-order valence-electron chi connectivity index (χ0n) is 17.8. The molecule has 0 unspecified atom stereocenters. The molecule has 6 heteroatoms. The average Bonchev–Trinajstić information content (AvgIpc) is 2.73. The number of methoxy groups -OCH3 is 1. The number of carbonyl (C=O) groups excluding carboxylic acids is 2. The summed E-state index contributed by atoms with van der Waals surface area (Å²) in [6.45, 7) is 7.32. The van der Waals surface area contributed by atoms with Crippen LogP contribution < -0.4 is 4.74 Å². The molecular weight excluding hydrogens is 382 g/mol. The summed E-state index contributed by atoms with van der Waals surface area (Å²) in [5.74, 6) is -0.381. The number of aryl methyl sites for hydroxylation is 1. The summed E-state index contributed by atoms with van der Waals surface area (Å²) < 4.78 is 15.8. The Bertz CT molecular complexity index is 1090. The molecule has 0 aliphatic carbocycles. The summed E-state index contributed by atoms with van der Waals surface area (Å²) >= 11 is 0. The predicted molar refractivity (Wildman–Crippen MR) is 115 cm³/mol. The molecule has 30 heavy (non-hydrogen) atoms. The quantitative estimate of drug-likeness (QED) is 0.551. The van der Waals surface area contributed by atoms with Gasteiger partial charge in [0, 0.05) is 10.9 Å². The number of rotatable bonds is 6. The lowest BCUT2D eigenvalue weighted by Gasteiger charge is -2.24. The maximum absolute atomic E-state index is 12.4. The van der Waals surface area contributed by atoms with Crippen molar-refractivity contribution >= 4 is 22.8 Å². The van der Waals surface area contributed by atoms with Gasteiger partial charge in [-0.2, -0.15) is 0 Å². The molecular formula is C24H25NO5. The van der Waals surface area contributed by atoms with Gasteiger partial charge >= 0.3 is 11.9 Å². The molecule has 0 spiro atoms. The van der Waals surface area contributed by atoms with E-state index in [2.05, 4.69) is 0 Å². The molecule has 2 aromatic carbocycles. The fourth-order valence-electron chi connectivity index (χ4n) is 3.15. The number of pyridine rings is 1. The second-order valence-electron chi connectivity index (χ2n) is 7.37. The Morgan fingerprint density at radius 1 is 1.07 bits per heavy atom. The molecule has 3 aromatic rings. The maximum Gasteiger partial charge on any atom is 0.349 e. The van der Waals surface area contributed by atoms with Gasteiger partial charge < -0.3 is 14.2 Å². The summed E-state index contributed by atoms with van der Waals surface area (Å²) in [5, 5.41) is 0.901. The Balaban J connectivity index is 1.99. The molecule has 0 saturated carbocycles. The van der Waals surface area contributed by atoms with Crippen LogP contribution >= 0.6 is 0 Å². The molecule has 0 N–H and O–H groups in total. The predicted octanol–water partition coefficient (Wildman–Crippen LogP) is 4.72. The molecule has 1 heterocycles. The summed E-state index contributed by atoms with van der Waals surface area (Å²) in [6.07, 6.45) is 0. The first-order valence-corrected chi connectivity index (χ1v) is 9.72. The van der Waals surface area contributed by atoms with Crippen molar-refractivity contribution in [3.63, 3.8) is 0 Å². The highest BCUT2D eigenvalue weighted by Crippen LogP contribution is 2.30. The minimum Gasteiger partial charge on any atom is -0.476 e. The van der Waals surface area contributed by atoms with Crippen LogP contribution in [0.25, 0.3) is 22.2 Å². The molecule has 3 rings (SSSR count). The van der Waals surface area contributed by atoms with E-state index in [4.69, 9.17) is 19.2 Å². The van der Waals surface area contributed by atoms with Gasteiger partial charge in [0.15, 0.2) is 5.60 Å². The second-order valence-corrected chi connectivity index (χ2v) is 7.37. The van der Waals surface area contributed by atoms with E-state index in [1.165, 1.54) is 7.11 Å². The van der Waals surface area contributed by atoms with Gasteiger partial charge in [0.25, 0.3) is 0 Å². The Morgan fingerprint density at radius 3 is 2.40 bits per heavy atom. The molecule has 1 aromatic heterocycles. The van der Waals surface area contributed by atoms with E-state index < -0.39 is 17.5 Å². The Kier molecular flexibility index (Phi) is 6.06. The third kappa shape index (κ3) is 4.27. The SMILES string of the molecule is CCOC(=O)C(C)(C)Oc1ccc(-c2nc3cccc(C)c3cc2C(=O)OC)cc1. The lowest BCUT2D eigenvalue weighted by atomic mass is 10.0. The van der Waals surface area contributed by atoms with Crippen LogP contribution in [-0.2, 0) is 14.3 Å². The number of carbonyl (C=O) groups is 2. The van der Waals surface area contributed by atoms with E-state index in [9.17, 15) is 9.59 Å².